The van der Waals surface area contributed by atoms with Crippen LogP contribution in [0.1, 0.15) is 45.1 Å². The van der Waals surface area contributed by atoms with Crippen molar-refractivity contribution in [1.82, 2.24) is 15.5 Å². The molecule has 1 aliphatic carbocycles. The number of aromatic amines is 1. The van der Waals surface area contributed by atoms with Gasteiger partial charge in [0, 0.05) is 18.8 Å². The summed E-state index contributed by atoms with van der Waals surface area (Å²) in [6.07, 6.45) is 7.07. The van der Waals surface area contributed by atoms with Crippen molar-refractivity contribution in [2.24, 2.45) is 5.41 Å². The molecule has 0 aliphatic heterocycles. The van der Waals surface area contributed by atoms with Crippen molar-refractivity contribution in [3.05, 3.63) is 42.1 Å². The van der Waals surface area contributed by atoms with E-state index in [4.69, 9.17) is 0 Å². The van der Waals surface area contributed by atoms with Gasteiger partial charge in [0.1, 0.15) is 0 Å². The molecule has 2 N–H and O–H groups in total. The van der Waals surface area contributed by atoms with Crippen LogP contribution in [0.5, 0.6) is 0 Å². The molecule has 0 unspecified atom stereocenters. The SMILES string of the molecule is CC1(C)CCC(NCc2ccc(-c3ccn[nH]3)cc2)CC1. The number of aromatic nitrogens is 2. The summed E-state index contributed by atoms with van der Waals surface area (Å²) in [6, 6.07) is 11.4. The van der Waals surface area contributed by atoms with Crippen LogP contribution in [-0.2, 0) is 6.54 Å². The van der Waals surface area contributed by atoms with Crippen molar-refractivity contribution in [1.29, 1.82) is 0 Å². The highest BCUT2D eigenvalue weighted by atomic mass is 15.1. The second-order valence-electron chi connectivity index (χ2n) is 6.99. The number of hydrogen-bond donors (Lipinski definition) is 2. The molecule has 0 spiro atoms. The number of nitrogens with one attached hydrogen (secondary N) is 2. The van der Waals surface area contributed by atoms with Crippen LogP contribution in [0.3, 0.4) is 0 Å². The highest BCUT2D eigenvalue weighted by molar-refractivity contribution is 5.58. The Labute approximate surface area is 127 Å². The maximum atomic E-state index is 3.99. The standard InChI is InChI=1S/C18H25N3/c1-18(2)10-7-16(8-11-18)19-13-14-3-5-15(6-4-14)17-9-12-20-21-17/h3-6,9,12,16,19H,7-8,10-11,13H2,1-2H3,(H,20,21). The number of hydrogen-bond acceptors (Lipinski definition) is 2. The Morgan fingerprint density at radius 3 is 2.48 bits per heavy atom. The van der Waals surface area contributed by atoms with Gasteiger partial charge in [-0.05, 0) is 48.3 Å². The number of nitrogens with zero attached hydrogens (tertiary/aromatic N) is 1. The maximum absolute atomic E-state index is 3.99. The van der Waals surface area contributed by atoms with E-state index in [1.165, 1.54) is 36.8 Å². The molecule has 1 fully saturated rings. The van der Waals surface area contributed by atoms with E-state index in [0.29, 0.717) is 11.5 Å². The van der Waals surface area contributed by atoms with Gasteiger partial charge in [0.15, 0.2) is 0 Å². The van der Waals surface area contributed by atoms with Gasteiger partial charge < -0.3 is 5.32 Å². The molecule has 0 bridgehead atoms. The van der Waals surface area contributed by atoms with Gasteiger partial charge in [0.25, 0.3) is 0 Å². The maximum Gasteiger partial charge on any atom is 0.0650 e. The van der Waals surface area contributed by atoms with E-state index in [0.717, 1.165) is 12.2 Å². The van der Waals surface area contributed by atoms with Crippen LogP contribution in [0.4, 0.5) is 0 Å². The Bertz CT molecular complexity index is 545. The van der Waals surface area contributed by atoms with Crippen LogP contribution in [0.2, 0.25) is 0 Å². The molecule has 0 radical (unpaired) electrons. The van der Waals surface area contributed by atoms with E-state index >= 15 is 0 Å². The molecular weight excluding hydrogens is 258 g/mol. The predicted octanol–water partition coefficient (Wildman–Crippen LogP) is 4.14. The van der Waals surface area contributed by atoms with Gasteiger partial charge in [-0.2, -0.15) is 5.10 Å². The summed E-state index contributed by atoms with van der Waals surface area (Å²) < 4.78 is 0. The Kier molecular flexibility index (Phi) is 4.11. The van der Waals surface area contributed by atoms with Crippen LogP contribution in [-0.4, -0.2) is 16.2 Å². The zero-order valence-corrected chi connectivity index (χ0v) is 13.0. The predicted molar refractivity (Wildman–Crippen MR) is 86.9 cm³/mol. The van der Waals surface area contributed by atoms with Gasteiger partial charge in [0.05, 0.1) is 5.69 Å². The minimum Gasteiger partial charge on any atom is -0.310 e. The largest absolute Gasteiger partial charge is 0.310 e. The summed E-state index contributed by atoms with van der Waals surface area (Å²) >= 11 is 0. The highest BCUT2D eigenvalue weighted by Gasteiger charge is 2.26. The Morgan fingerprint density at radius 2 is 1.86 bits per heavy atom. The van der Waals surface area contributed by atoms with Crippen molar-refractivity contribution in [2.75, 3.05) is 0 Å². The number of benzene rings is 1. The second-order valence-corrected chi connectivity index (χ2v) is 6.99. The molecule has 3 nitrogen and oxygen atoms in total. The summed E-state index contributed by atoms with van der Waals surface area (Å²) in [5.74, 6) is 0. The monoisotopic (exact) mass is 283 g/mol. The number of H-pyrrole nitrogens is 1. The third-order valence-electron chi connectivity index (χ3n) is 4.70. The topological polar surface area (TPSA) is 40.7 Å². The zero-order chi connectivity index (χ0) is 14.7. The van der Waals surface area contributed by atoms with Crippen LogP contribution < -0.4 is 5.32 Å². The fourth-order valence-electron chi connectivity index (χ4n) is 3.08. The van der Waals surface area contributed by atoms with Crippen molar-refractivity contribution >= 4 is 0 Å². The molecule has 0 saturated heterocycles. The molecule has 1 aromatic heterocycles. The Hall–Kier alpha value is -1.61. The van der Waals surface area contributed by atoms with Crippen molar-refractivity contribution in [3.8, 4) is 11.3 Å². The second kappa shape index (κ2) is 6.02. The smallest absolute Gasteiger partial charge is 0.0650 e. The van der Waals surface area contributed by atoms with E-state index in [9.17, 15) is 0 Å². The molecule has 1 aromatic carbocycles. The van der Waals surface area contributed by atoms with Crippen LogP contribution >= 0.6 is 0 Å². The molecule has 0 atom stereocenters. The molecule has 21 heavy (non-hydrogen) atoms. The molecule has 112 valence electrons. The lowest BCUT2D eigenvalue weighted by molar-refractivity contribution is 0.206. The van der Waals surface area contributed by atoms with E-state index in [1.807, 2.05) is 6.07 Å². The molecule has 2 aromatic rings. The van der Waals surface area contributed by atoms with Gasteiger partial charge in [0.2, 0.25) is 0 Å². The molecule has 3 heteroatoms. The van der Waals surface area contributed by atoms with Crippen LogP contribution in [0.25, 0.3) is 11.3 Å². The minimum absolute atomic E-state index is 0.546. The molecule has 3 rings (SSSR count). The first-order chi connectivity index (χ1) is 10.1. The first-order valence-corrected chi connectivity index (χ1v) is 7.94. The lowest BCUT2D eigenvalue weighted by Gasteiger charge is -2.34. The summed E-state index contributed by atoms with van der Waals surface area (Å²) in [5, 5.41) is 10.7. The fourth-order valence-corrected chi connectivity index (χ4v) is 3.08. The number of rotatable bonds is 4. The normalized spacial score (nSPS) is 18.8. The molecule has 1 aliphatic rings. The van der Waals surface area contributed by atoms with Crippen molar-refractivity contribution in [2.45, 2.75) is 52.1 Å². The van der Waals surface area contributed by atoms with Gasteiger partial charge in [-0.25, -0.2) is 0 Å². The first-order valence-electron chi connectivity index (χ1n) is 7.94. The van der Waals surface area contributed by atoms with Gasteiger partial charge in [-0.15, -0.1) is 0 Å². The van der Waals surface area contributed by atoms with Crippen molar-refractivity contribution < 1.29 is 0 Å². The van der Waals surface area contributed by atoms with E-state index in [-0.39, 0.29) is 0 Å². The Balaban J connectivity index is 1.52. The average Bonchev–Trinajstić information content (AvgIpc) is 3.01. The Morgan fingerprint density at radius 1 is 1.14 bits per heavy atom. The molecule has 1 saturated carbocycles. The zero-order valence-electron chi connectivity index (χ0n) is 13.0. The van der Waals surface area contributed by atoms with Crippen LogP contribution in [0.15, 0.2) is 36.5 Å². The lowest BCUT2D eigenvalue weighted by atomic mass is 9.75. The highest BCUT2D eigenvalue weighted by Crippen LogP contribution is 2.35. The van der Waals surface area contributed by atoms with Crippen molar-refractivity contribution in [3.63, 3.8) is 0 Å². The average molecular weight is 283 g/mol. The molecular formula is C18H25N3. The third-order valence-corrected chi connectivity index (χ3v) is 4.70. The minimum atomic E-state index is 0.546. The quantitative estimate of drug-likeness (QED) is 0.885. The summed E-state index contributed by atoms with van der Waals surface area (Å²) in [6.45, 7) is 5.74. The van der Waals surface area contributed by atoms with E-state index < -0.39 is 0 Å². The third kappa shape index (κ3) is 3.73. The fraction of sp³-hybridized carbons (Fsp3) is 0.500. The van der Waals surface area contributed by atoms with E-state index in [2.05, 4.69) is 53.6 Å². The van der Waals surface area contributed by atoms with Gasteiger partial charge in [-0.1, -0.05) is 38.1 Å². The molecule has 1 heterocycles. The summed E-state index contributed by atoms with van der Waals surface area (Å²) in [5.41, 5.74) is 4.16. The summed E-state index contributed by atoms with van der Waals surface area (Å²) in [4.78, 5) is 0. The first kappa shape index (κ1) is 14.3. The van der Waals surface area contributed by atoms with Gasteiger partial charge in [-0.3, -0.25) is 5.10 Å². The van der Waals surface area contributed by atoms with E-state index in [1.54, 1.807) is 6.20 Å². The van der Waals surface area contributed by atoms with Crippen LogP contribution in [0, 0.1) is 5.41 Å². The lowest BCUT2D eigenvalue weighted by Crippen LogP contribution is -2.35. The molecule has 0 amide bonds. The summed E-state index contributed by atoms with van der Waals surface area (Å²) in [7, 11) is 0. The van der Waals surface area contributed by atoms with Gasteiger partial charge >= 0.3 is 0 Å².